The van der Waals surface area contributed by atoms with Crippen LogP contribution in [-0.4, -0.2) is 35.9 Å². The first-order valence-electron chi connectivity index (χ1n) is 9.84. The number of nitrogens with zero attached hydrogens (tertiary/aromatic N) is 1. The quantitative estimate of drug-likeness (QED) is 0.555. The van der Waals surface area contributed by atoms with Gasteiger partial charge in [-0.1, -0.05) is 35.3 Å². The van der Waals surface area contributed by atoms with Crippen LogP contribution in [0.1, 0.15) is 27.5 Å². The number of hydrogen-bond acceptors (Lipinski definition) is 3. The van der Waals surface area contributed by atoms with Gasteiger partial charge in [-0.3, -0.25) is 9.59 Å². The summed E-state index contributed by atoms with van der Waals surface area (Å²) in [4.78, 5) is 25.7. The van der Waals surface area contributed by atoms with E-state index < -0.39 is 12.1 Å². The number of ether oxygens (including phenoxy) is 1. The third kappa shape index (κ3) is 4.77. The molecule has 2 atom stereocenters. The Bertz CT molecular complexity index is 1160. The van der Waals surface area contributed by atoms with Crippen molar-refractivity contribution in [2.45, 2.75) is 12.1 Å². The number of hydrazine groups is 1. The molecular formula is C24H20Cl2N3O3+. The zero-order valence-electron chi connectivity index (χ0n) is 17.1. The summed E-state index contributed by atoms with van der Waals surface area (Å²) in [6.07, 6.45) is 1.81. The lowest BCUT2D eigenvalue weighted by Crippen LogP contribution is -2.42. The van der Waals surface area contributed by atoms with Crippen LogP contribution >= 0.6 is 23.2 Å². The molecule has 0 saturated carbocycles. The maximum atomic E-state index is 12.9. The molecule has 0 radical (unpaired) electrons. The van der Waals surface area contributed by atoms with Crippen molar-refractivity contribution in [2.75, 3.05) is 7.11 Å². The average molecular weight is 469 g/mol. The summed E-state index contributed by atoms with van der Waals surface area (Å²) in [5.74, 6) is 0.0408. The van der Waals surface area contributed by atoms with Crippen molar-refractivity contribution in [3.63, 3.8) is 0 Å². The molecule has 2 N–H and O–H groups in total. The number of hydrogen-bond donors (Lipinski definition) is 2. The minimum Gasteiger partial charge on any atom is -0.497 e. The van der Waals surface area contributed by atoms with Gasteiger partial charge < -0.3 is 10.1 Å². The molecule has 0 bridgehead atoms. The fourth-order valence-corrected chi connectivity index (χ4v) is 3.77. The van der Waals surface area contributed by atoms with Gasteiger partial charge in [-0.15, -0.1) is 10.1 Å². The Morgan fingerprint density at radius 1 is 0.969 bits per heavy atom. The highest BCUT2D eigenvalue weighted by Gasteiger charge is 2.47. The van der Waals surface area contributed by atoms with Crippen molar-refractivity contribution in [1.82, 2.24) is 10.7 Å². The molecule has 0 aromatic heterocycles. The van der Waals surface area contributed by atoms with Gasteiger partial charge in [-0.25, -0.2) is 0 Å². The van der Waals surface area contributed by atoms with E-state index in [4.69, 9.17) is 27.9 Å². The normalized spacial score (nSPS) is 19.0. The number of halogens is 2. The fraction of sp³-hybridized carbons (Fsp3) is 0.125. The number of carbonyl (C=O) groups excluding carboxylic acids is 2. The summed E-state index contributed by atoms with van der Waals surface area (Å²) < 4.78 is 6.90. The first kappa shape index (κ1) is 21.9. The molecule has 1 saturated heterocycles. The van der Waals surface area contributed by atoms with Crippen LogP contribution in [0.3, 0.4) is 0 Å². The van der Waals surface area contributed by atoms with Crippen molar-refractivity contribution in [3.8, 4) is 5.75 Å². The van der Waals surface area contributed by atoms with Crippen LogP contribution in [0.15, 0.2) is 72.8 Å². The SMILES string of the molecule is COc1ccc(/C=[N+]2\NC(=O)[C@@H](NC(=O)c3ccc(Cl)cc3)[C@H]2c2ccc(Cl)cc2)cc1. The van der Waals surface area contributed by atoms with Crippen LogP contribution in [0.4, 0.5) is 0 Å². The highest BCUT2D eigenvalue weighted by Crippen LogP contribution is 2.27. The predicted octanol–water partition coefficient (Wildman–Crippen LogP) is 4.02. The Morgan fingerprint density at radius 2 is 1.56 bits per heavy atom. The molecule has 0 unspecified atom stereocenters. The molecule has 8 heteroatoms. The van der Waals surface area contributed by atoms with Crippen LogP contribution in [0, 0.1) is 0 Å². The van der Waals surface area contributed by atoms with Crippen molar-refractivity contribution >= 4 is 41.2 Å². The molecule has 2 amide bonds. The summed E-state index contributed by atoms with van der Waals surface area (Å²) in [5, 5.41) is 3.96. The molecule has 1 aliphatic rings. The standard InChI is InChI=1S/C24H19Cl2N3O3/c1-32-20-12-2-15(3-13-20)14-29-22(16-4-8-18(25)9-5-16)21(24(31)28-29)27-23(30)17-6-10-19(26)11-7-17/h2-14,21-22H,1H3,(H-,27,28,30,31)/p+1/b29-14-/t21-,22+/m0/s1. The molecule has 1 fully saturated rings. The smallest absolute Gasteiger partial charge is 0.304 e. The van der Waals surface area contributed by atoms with Gasteiger partial charge in [0.1, 0.15) is 5.75 Å². The highest BCUT2D eigenvalue weighted by atomic mass is 35.5. The van der Waals surface area contributed by atoms with Gasteiger partial charge in [0.2, 0.25) is 12.3 Å². The minimum atomic E-state index is -0.825. The van der Waals surface area contributed by atoms with Crippen molar-refractivity contribution < 1.29 is 19.0 Å². The minimum absolute atomic E-state index is 0.322. The van der Waals surface area contributed by atoms with Crippen molar-refractivity contribution in [2.24, 2.45) is 0 Å². The molecule has 0 aliphatic carbocycles. The summed E-state index contributed by atoms with van der Waals surface area (Å²) in [5.41, 5.74) is 4.94. The topological polar surface area (TPSA) is 70.4 Å². The maximum absolute atomic E-state index is 12.9. The van der Waals surface area contributed by atoms with Gasteiger partial charge in [-0.05, 0) is 60.7 Å². The third-order valence-electron chi connectivity index (χ3n) is 5.15. The number of carbonyl (C=O) groups is 2. The first-order chi connectivity index (χ1) is 15.4. The van der Waals surface area contributed by atoms with E-state index >= 15 is 0 Å². The van der Waals surface area contributed by atoms with E-state index in [1.165, 1.54) is 0 Å². The van der Waals surface area contributed by atoms with Gasteiger partial charge >= 0.3 is 5.91 Å². The van der Waals surface area contributed by atoms with E-state index in [0.29, 0.717) is 15.6 Å². The number of nitrogens with one attached hydrogen (secondary N) is 2. The molecular weight excluding hydrogens is 449 g/mol. The molecule has 1 aliphatic heterocycles. The van der Waals surface area contributed by atoms with Crippen LogP contribution in [0.5, 0.6) is 5.75 Å². The molecule has 4 rings (SSSR count). The van der Waals surface area contributed by atoms with E-state index in [1.807, 2.05) is 42.6 Å². The highest BCUT2D eigenvalue weighted by molar-refractivity contribution is 6.30. The first-order valence-corrected chi connectivity index (χ1v) is 10.6. The van der Waals surface area contributed by atoms with Crippen LogP contribution in [0.2, 0.25) is 10.0 Å². The monoisotopic (exact) mass is 468 g/mol. The van der Waals surface area contributed by atoms with E-state index in [9.17, 15) is 9.59 Å². The zero-order valence-corrected chi connectivity index (χ0v) is 18.6. The summed E-state index contributed by atoms with van der Waals surface area (Å²) >= 11 is 12.0. The lowest BCUT2D eigenvalue weighted by molar-refractivity contribution is -0.596. The van der Waals surface area contributed by atoms with Gasteiger partial charge in [0.25, 0.3) is 5.91 Å². The molecule has 3 aromatic rings. The van der Waals surface area contributed by atoms with Gasteiger partial charge in [0, 0.05) is 26.7 Å². The number of rotatable bonds is 5. The zero-order chi connectivity index (χ0) is 22.7. The second kappa shape index (κ2) is 9.42. The Labute approximate surface area is 195 Å². The fourth-order valence-electron chi connectivity index (χ4n) is 3.52. The van der Waals surface area contributed by atoms with E-state index in [2.05, 4.69) is 10.7 Å². The molecule has 6 nitrogen and oxygen atoms in total. The van der Waals surface area contributed by atoms with Crippen molar-refractivity contribution in [3.05, 3.63) is 99.5 Å². The Hall–Kier alpha value is -3.35. The number of methoxy groups -OCH3 is 1. The second-order valence-electron chi connectivity index (χ2n) is 7.24. The maximum Gasteiger partial charge on any atom is 0.304 e. The predicted molar refractivity (Wildman–Crippen MR) is 123 cm³/mol. The lowest BCUT2D eigenvalue weighted by atomic mass is 10.00. The lowest BCUT2D eigenvalue weighted by Gasteiger charge is -2.15. The Morgan fingerprint density at radius 3 is 2.16 bits per heavy atom. The molecule has 0 spiro atoms. The summed E-state index contributed by atoms with van der Waals surface area (Å²) in [6.45, 7) is 0. The van der Waals surface area contributed by atoms with Crippen LogP contribution in [-0.2, 0) is 4.79 Å². The number of benzene rings is 3. The molecule has 3 aromatic carbocycles. The third-order valence-corrected chi connectivity index (χ3v) is 5.65. The second-order valence-corrected chi connectivity index (χ2v) is 8.11. The van der Waals surface area contributed by atoms with E-state index in [0.717, 1.165) is 16.9 Å². The summed E-state index contributed by atoms with van der Waals surface area (Å²) in [6, 6.07) is 19.8. The molecule has 1 heterocycles. The number of amides is 2. The summed E-state index contributed by atoms with van der Waals surface area (Å²) in [7, 11) is 1.60. The van der Waals surface area contributed by atoms with Gasteiger partial charge in [0.05, 0.1) is 7.11 Å². The average Bonchev–Trinajstić information content (AvgIpc) is 3.09. The Balaban J connectivity index is 1.68. The van der Waals surface area contributed by atoms with Crippen LogP contribution < -0.4 is 15.5 Å². The Kier molecular flexibility index (Phi) is 6.44. The molecule has 32 heavy (non-hydrogen) atoms. The van der Waals surface area contributed by atoms with Crippen molar-refractivity contribution in [1.29, 1.82) is 0 Å². The van der Waals surface area contributed by atoms with E-state index in [1.54, 1.807) is 48.2 Å². The van der Waals surface area contributed by atoms with Crippen LogP contribution in [0.25, 0.3) is 0 Å². The van der Waals surface area contributed by atoms with Gasteiger partial charge in [0.15, 0.2) is 6.04 Å². The molecule has 162 valence electrons. The largest absolute Gasteiger partial charge is 0.497 e. The number of hydrazone groups is 1. The van der Waals surface area contributed by atoms with Gasteiger partial charge in [-0.2, -0.15) is 0 Å². The van der Waals surface area contributed by atoms with E-state index in [-0.39, 0.29) is 11.8 Å².